The van der Waals surface area contributed by atoms with Gasteiger partial charge in [0.2, 0.25) is 0 Å². The molecule has 0 aliphatic heterocycles. The number of unbranched alkanes of at least 4 members (excludes halogenated alkanes) is 6. The molecule has 1 heteroatoms. The fourth-order valence-corrected chi connectivity index (χ4v) is 1.19. The second-order valence-electron chi connectivity index (χ2n) is 3.08. The van der Waals surface area contributed by atoms with Gasteiger partial charge in [0.1, 0.15) is 0 Å². The molecule has 0 fully saturated rings. The Morgan fingerprint density at radius 2 is 1.45 bits per heavy atom. The summed E-state index contributed by atoms with van der Waals surface area (Å²) in [6.07, 6.45) is 9.32. The zero-order chi connectivity index (χ0) is 8.36. The molecule has 0 heterocycles. The van der Waals surface area contributed by atoms with E-state index in [1.54, 1.807) is 0 Å². The average Bonchev–Trinajstić information content (AvgIpc) is 2.03. The van der Waals surface area contributed by atoms with Crippen molar-refractivity contribution in [3.63, 3.8) is 0 Å². The van der Waals surface area contributed by atoms with Crippen LogP contribution >= 0.6 is 0 Å². The van der Waals surface area contributed by atoms with Gasteiger partial charge in [0, 0.05) is 0 Å². The minimum Gasteiger partial charge on any atom is -0.320 e. The molecule has 0 spiro atoms. The number of hydrogen-bond donors (Lipinski definition) is 1. The maximum Gasteiger partial charge on any atom is -0.00519 e. The fourth-order valence-electron chi connectivity index (χ4n) is 1.19. The van der Waals surface area contributed by atoms with Crippen LogP contribution in [0.1, 0.15) is 44.9 Å². The van der Waals surface area contributed by atoms with E-state index in [9.17, 15) is 0 Å². The summed E-state index contributed by atoms with van der Waals surface area (Å²) in [6.45, 7) is 5.00. The molecule has 1 nitrogen and oxygen atoms in total. The molecule has 0 aliphatic carbocycles. The molecule has 1 radical (unpaired) electrons. The van der Waals surface area contributed by atoms with Gasteiger partial charge in [-0.15, -0.1) is 0 Å². The van der Waals surface area contributed by atoms with Gasteiger partial charge in [-0.05, 0) is 20.0 Å². The molecule has 0 rings (SSSR count). The van der Waals surface area contributed by atoms with E-state index in [0.29, 0.717) is 0 Å². The Morgan fingerprint density at radius 3 is 2.00 bits per heavy atom. The molecule has 0 aromatic carbocycles. The van der Waals surface area contributed by atoms with Crippen molar-refractivity contribution in [3.8, 4) is 0 Å². The van der Waals surface area contributed by atoms with E-state index in [4.69, 9.17) is 0 Å². The molecule has 0 aliphatic rings. The molecule has 0 atom stereocenters. The highest BCUT2D eigenvalue weighted by molar-refractivity contribution is 4.47. The van der Waals surface area contributed by atoms with Crippen LogP contribution in [0.4, 0.5) is 0 Å². The Bertz CT molecular complexity index is 53.9. The van der Waals surface area contributed by atoms with Crippen molar-refractivity contribution in [2.75, 3.05) is 13.6 Å². The quantitative estimate of drug-likeness (QED) is 0.533. The molecule has 67 valence electrons. The van der Waals surface area contributed by atoms with Gasteiger partial charge < -0.3 is 5.32 Å². The van der Waals surface area contributed by atoms with Gasteiger partial charge in [0.25, 0.3) is 0 Å². The predicted molar refractivity (Wildman–Crippen MR) is 51.6 cm³/mol. The van der Waals surface area contributed by atoms with Crippen LogP contribution in [0.3, 0.4) is 0 Å². The van der Waals surface area contributed by atoms with Gasteiger partial charge in [0.05, 0.1) is 0 Å². The Kier molecular flexibility index (Phi) is 9.92. The van der Waals surface area contributed by atoms with Gasteiger partial charge in [-0.3, -0.25) is 0 Å². The molecule has 0 saturated carbocycles. The summed E-state index contributed by atoms with van der Waals surface area (Å²) < 4.78 is 0. The van der Waals surface area contributed by atoms with Crippen LogP contribution in [-0.2, 0) is 0 Å². The van der Waals surface area contributed by atoms with Gasteiger partial charge in [-0.25, -0.2) is 0 Å². The Hall–Kier alpha value is -0.0400. The van der Waals surface area contributed by atoms with Crippen LogP contribution in [0.25, 0.3) is 0 Å². The first-order valence-corrected chi connectivity index (χ1v) is 4.85. The third kappa shape index (κ3) is 9.96. The molecule has 0 aromatic heterocycles. The minimum absolute atomic E-state index is 1.11. The van der Waals surface area contributed by atoms with Gasteiger partial charge >= 0.3 is 0 Å². The van der Waals surface area contributed by atoms with E-state index in [2.05, 4.69) is 12.2 Å². The topological polar surface area (TPSA) is 12.0 Å². The lowest BCUT2D eigenvalue weighted by molar-refractivity contribution is 0.584. The SMILES string of the molecule is [CH2]CCCCCCCCNC. The summed E-state index contributed by atoms with van der Waals surface area (Å²) in [4.78, 5) is 0. The van der Waals surface area contributed by atoms with Crippen molar-refractivity contribution in [1.82, 2.24) is 5.32 Å². The number of nitrogens with one attached hydrogen (secondary N) is 1. The lowest BCUT2D eigenvalue weighted by Crippen LogP contribution is -2.06. The number of hydrogen-bond acceptors (Lipinski definition) is 1. The highest BCUT2D eigenvalue weighted by Gasteiger charge is 1.88. The van der Waals surface area contributed by atoms with E-state index in [-0.39, 0.29) is 0 Å². The summed E-state index contributed by atoms with van der Waals surface area (Å²) in [6, 6.07) is 0. The second kappa shape index (κ2) is 9.96. The largest absolute Gasteiger partial charge is 0.320 e. The van der Waals surface area contributed by atoms with Gasteiger partial charge in [-0.1, -0.05) is 45.4 Å². The third-order valence-electron chi connectivity index (χ3n) is 1.93. The number of rotatable bonds is 8. The molecule has 11 heavy (non-hydrogen) atoms. The van der Waals surface area contributed by atoms with Gasteiger partial charge in [0.15, 0.2) is 0 Å². The summed E-state index contributed by atoms with van der Waals surface area (Å²) in [5.74, 6) is 0. The van der Waals surface area contributed by atoms with Crippen molar-refractivity contribution in [3.05, 3.63) is 6.92 Å². The minimum atomic E-state index is 1.11. The van der Waals surface area contributed by atoms with Crippen LogP contribution in [0.2, 0.25) is 0 Å². The molecular weight excluding hydrogens is 134 g/mol. The average molecular weight is 156 g/mol. The standard InChI is InChI=1S/C10H22N/c1-3-4-5-6-7-8-9-10-11-2/h11H,1,3-10H2,2H3. The molecular formula is C10H22N. The monoisotopic (exact) mass is 156 g/mol. The summed E-state index contributed by atoms with van der Waals surface area (Å²) in [5.41, 5.74) is 0. The van der Waals surface area contributed by atoms with Crippen molar-refractivity contribution < 1.29 is 0 Å². The first-order valence-electron chi connectivity index (χ1n) is 4.85. The highest BCUT2D eigenvalue weighted by Crippen LogP contribution is 2.05. The first-order chi connectivity index (χ1) is 5.41. The van der Waals surface area contributed by atoms with Gasteiger partial charge in [-0.2, -0.15) is 0 Å². The van der Waals surface area contributed by atoms with E-state index in [0.717, 1.165) is 6.42 Å². The van der Waals surface area contributed by atoms with E-state index in [1.165, 1.54) is 45.1 Å². The maximum atomic E-state index is 3.82. The Morgan fingerprint density at radius 1 is 0.909 bits per heavy atom. The van der Waals surface area contributed by atoms with Crippen molar-refractivity contribution in [2.45, 2.75) is 44.9 Å². The third-order valence-corrected chi connectivity index (χ3v) is 1.93. The zero-order valence-corrected chi connectivity index (χ0v) is 7.86. The molecule has 0 unspecified atom stereocenters. The predicted octanol–water partition coefficient (Wildman–Crippen LogP) is 2.77. The van der Waals surface area contributed by atoms with E-state index >= 15 is 0 Å². The molecule has 0 bridgehead atoms. The van der Waals surface area contributed by atoms with E-state index in [1.807, 2.05) is 7.05 Å². The van der Waals surface area contributed by atoms with Crippen molar-refractivity contribution in [1.29, 1.82) is 0 Å². The molecule has 1 N–H and O–H groups in total. The van der Waals surface area contributed by atoms with Crippen molar-refractivity contribution >= 4 is 0 Å². The molecule has 0 saturated heterocycles. The van der Waals surface area contributed by atoms with E-state index < -0.39 is 0 Å². The van der Waals surface area contributed by atoms with Crippen molar-refractivity contribution in [2.24, 2.45) is 0 Å². The van der Waals surface area contributed by atoms with Crippen LogP contribution in [0.5, 0.6) is 0 Å². The summed E-state index contributed by atoms with van der Waals surface area (Å²) in [7, 11) is 2.02. The molecule has 0 aromatic rings. The lowest BCUT2D eigenvalue weighted by Gasteiger charge is -1.99. The zero-order valence-electron chi connectivity index (χ0n) is 7.86. The summed E-state index contributed by atoms with van der Waals surface area (Å²) >= 11 is 0. The molecule has 0 amide bonds. The van der Waals surface area contributed by atoms with Crippen LogP contribution in [0.15, 0.2) is 0 Å². The normalized spacial score (nSPS) is 10.4. The Balaban J connectivity index is 2.69. The van der Waals surface area contributed by atoms with Crippen LogP contribution in [0, 0.1) is 6.92 Å². The smallest absolute Gasteiger partial charge is 0.00519 e. The highest BCUT2D eigenvalue weighted by atomic mass is 14.8. The lowest BCUT2D eigenvalue weighted by atomic mass is 10.1. The second-order valence-corrected chi connectivity index (χ2v) is 3.08. The Labute approximate surface area is 71.6 Å². The summed E-state index contributed by atoms with van der Waals surface area (Å²) in [5, 5.41) is 3.16. The van der Waals surface area contributed by atoms with Crippen LogP contribution in [-0.4, -0.2) is 13.6 Å². The first kappa shape index (κ1) is 11.0. The van der Waals surface area contributed by atoms with Crippen LogP contribution < -0.4 is 5.32 Å². The fraction of sp³-hybridized carbons (Fsp3) is 0.900. The maximum absolute atomic E-state index is 3.82.